The third kappa shape index (κ3) is 4.06. The van der Waals surface area contributed by atoms with E-state index in [9.17, 15) is 4.79 Å². The van der Waals surface area contributed by atoms with Crippen molar-refractivity contribution < 1.29 is 9.53 Å². The highest BCUT2D eigenvalue weighted by Crippen LogP contribution is 2.20. The lowest BCUT2D eigenvalue weighted by Crippen LogP contribution is -2.54. The van der Waals surface area contributed by atoms with Gasteiger partial charge in [-0.2, -0.15) is 0 Å². The van der Waals surface area contributed by atoms with Crippen molar-refractivity contribution in [3.05, 3.63) is 18.1 Å². The molecule has 1 aliphatic rings. The molecule has 1 fully saturated rings. The molecule has 0 spiro atoms. The van der Waals surface area contributed by atoms with Crippen molar-refractivity contribution in [1.29, 1.82) is 0 Å². The fourth-order valence-electron chi connectivity index (χ4n) is 2.39. The van der Waals surface area contributed by atoms with Gasteiger partial charge in [-0.3, -0.25) is 0 Å². The normalized spacial score (nSPS) is 19.6. The Labute approximate surface area is 126 Å². The molecule has 1 aromatic heterocycles. The standard InChI is InChI=1S/C15H24N4O2/c1-11-8-13(17-10-16-11)19-7-6-18(9-12(19)2)14(20)21-15(3,4)5/h8,10,12H,6-7,9H2,1-5H3/t12-/m1/s1. The van der Waals surface area contributed by atoms with Gasteiger partial charge in [-0.15, -0.1) is 0 Å². The highest BCUT2D eigenvalue weighted by Gasteiger charge is 2.30. The number of piperazine rings is 1. The molecule has 0 aromatic carbocycles. The minimum absolute atomic E-state index is 0.195. The molecule has 0 radical (unpaired) electrons. The predicted molar refractivity (Wildman–Crippen MR) is 81.4 cm³/mol. The second kappa shape index (κ2) is 5.87. The smallest absolute Gasteiger partial charge is 0.410 e. The van der Waals surface area contributed by atoms with Crippen molar-refractivity contribution in [3.8, 4) is 0 Å². The van der Waals surface area contributed by atoms with Gasteiger partial charge in [0.1, 0.15) is 17.7 Å². The fraction of sp³-hybridized carbons (Fsp3) is 0.667. The van der Waals surface area contributed by atoms with Crippen LogP contribution in [0.4, 0.5) is 10.6 Å². The van der Waals surface area contributed by atoms with E-state index in [4.69, 9.17) is 4.74 Å². The van der Waals surface area contributed by atoms with Crippen LogP contribution in [0.5, 0.6) is 0 Å². The highest BCUT2D eigenvalue weighted by molar-refractivity contribution is 5.68. The Balaban J connectivity index is 2.01. The number of carbonyl (C=O) groups is 1. The molecule has 0 bridgehead atoms. The van der Waals surface area contributed by atoms with Gasteiger partial charge in [-0.05, 0) is 34.6 Å². The highest BCUT2D eigenvalue weighted by atomic mass is 16.6. The Kier molecular flexibility index (Phi) is 4.34. The average Bonchev–Trinajstić information content (AvgIpc) is 2.36. The summed E-state index contributed by atoms with van der Waals surface area (Å²) in [5.74, 6) is 0.916. The van der Waals surface area contributed by atoms with Gasteiger partial charge in [-0.1, -0.05) is 0 Å². The van der Waals surface area contributed by atoms with E-state index in [-0.39, 0.29) is 12.1 Å². The summed E-state index contributed by atoms with van der Waals surface area (Å²) in [4.78, 5) is 24.5. The van der Waals surface area contributed by atoms with E-state index in [1.54, 1.807) is 11.2 Å². The average molecular weight is 292 g/mol. The van der Waals surface area contributed by atoms with Crippen molar-refractivity contribution in [2.24, 2.45) is 0 Å². The van der Waals surface area contributed by atoms with Crippen LogP contribution in [-0.2, 0) is 4.74 Å². The van der Waals surface area contributed by atoms with E-state index in [1.165, 1.54) is 0 Å². The molecule has 6 heteroatoms. The number of rotatable bonds is 1. The van der Waals surface area contributed by atoms with Gasteiger partial charge in [0.15, 0.2) is 0 Å². The topological polar surface area (TPSA) is 58.6 Å². The van der Waals surface area contributed by atoms with Crippen LogP contribution in [-0.4, -0.2) is 52.2 Å². The van der Waals surface area contributed by atoms with Gasteiger partial charge in [0.05, 0.1) is 0 Å². The number of aryl methyl sites for hydroxylation is 1. The monoisotopic (exact) mass is 292 g/mol. The summed E-state index contributed by atoms with van der Waals surface area (Å²) in [5, 5.41) is 0. The first-order chi connectivity index (χ1) is 9.76. The van der Waals surface area contributed by atoms with Gasteiger partial charge < -0.3 is 14.5 Å². The lowest BCUT2D eigenvalue weighted by atomic mass is 10.2. The first-order valence-corrected chi connectivity index (χ1v) is 7.29. The van der Waals surface area contributed by atoms with Crippen molar-refractivity contribution in [3.63, 3.8) is 0 Å². The van der Waals surface area contributed by atoms with E-state index in [0.717, 1.165) is 18.1 Å². The van der Waals surface area contributed by atoms with Gasteiger partial charge in [0.2, 0.25) is 0 Å². The quantitative estimate of drug-likeness (QED) is 0.794. The van der Waals surface area contributed by atoms with Gasteiger partial charge in [-0.25, -0.2) is 14.8 Å². The third-order valence-corrected chi connectivity index (χ3v) is 3.36. The largest absolute Gasteiger partial charge is 0.444 e. The first-order valence-electron chi connectivity index (χ1n) is 7.29. The molecule has 2 heterocycles. The second-order valence-electron chi connectivity index (χ2n) is 6.49. The van der Waals surface area contributed by atoms with Crippen LogP contribution in [0.25, 0.3) is 0 Å². The summed E-state index contributed by atoms with van der Waals surface area (Å²) in [7, 11) is 0. The van der Waals surface area contributed by atoms with Crippen molar-refractivity contribution in [2.75, 3.05) is 24.5 Å². The molecule has 1 aliphatic heterocycles. The Hall–Kier alpha value is -1.85. The number of amides is 1. The summed E-state index contributed by atoms with van der Waals surface area (Å²) in [5.41, 5.74) is 0.489. The Morgan fingerprint density at radius 2 is 2.05 bits per heavy atom. The SMILES string of the molecule is Cc1cc(N2CCN(C(=O)OC(C)(C)C)C[C@H]2C)ncn1. The maximum absolute atomic E-state index is 12.1. The van der Waals surface area contributed by atoms with E-state index >= 15 is 0 Å². The Morgan fingerprint density at radius 3 is 2.62 bits per heavy atom. The number of hydrogen-bond acceptors (Lipinski definition) is 5. The molecule has 1 aromatic rings. The molecule has 0 N–H and O–H groups in total. The summed E-state index contributed by atoms with van der Waals surface area (Å²) in [6.07, 6.45) is 1.34. The van der Waals surface area contributed by atoms with Gasteiger partial charge >= 0.3 is 6.09 Å². The Morgan fingerprint density at radius 1 is 1.33 bits per heavy atom. The zero-order chi connectivity index (χ0) is 15.6. The van der Waals surface area contributed by atoms with Gasteiger partial charge in [0.25, 0.3) is 0 Å². The zero-order valence-electron chi connectivity index (χ0n) is 13.5. The molecule has 21 heavy (non-hydrogen) atoms. The van der Waals surface area contributed by atoms with Crippen LogP contribution in [0.3, 0.4) is 0 Å². The Bertz CT molecular complexity index is 513. The second-order valence-corrected chi connectivity index (χ2v) is 6.49. The maximum Gasteiger partial charge on any atom is 0.410 e. The molecule has 0 saturated carbocycles. The molecule has 1 saturated heterocycles. The zero-order valence-corrected chi connectivity index (χ0v) is 13.5. The van der Waals surface area contributed by atoms with E-state index in [2.05, 4.69) is 21.8 Å². The van der Waals surface area contributed by atoms with Crippen molar-refractivity contribution in [1.82, 2.24) is 14.9 Å². The van der Waals surface area contributed by atoms with Crippen LogP contribution in [0.15, 0.2) is 12.4 Å². The van der Waals surface area contributed by atoms with E-state index in [0.29, 0.717) is 13.1 Å². The molecule has 116 valence electrons. The molecule has 6 nitrogen and oxygen atoms in total. The maximum atomic E-state index is 12.1. The fourth-order valence-corrected chi connectivity index (χ4v) is 2.39. The number of aromatic nitrogens is 2. The third-order valence-electron chi connectivity index (χ3n) is 3.36. The minimum atomic E-state index is -0.457. The minimum Gasteiger partial charge on any atom is -0.444 e. The summed E-state index contributed by atoms with van der Waals surface area (Å²) in [6, 6.07) is 2.17. The molecular formula is C15H24N4O2. The number of anilines is 1. The van der Waals surface area contributed by atoms with Crippen LogP contribution >= 0.6 is 0 Å². The van der Waals surface area contributed by atoms with Crippen LogP contribution in [0.1, 0.15) is 33.4 Å². The van der Waals surface area contributed by atoms with Crippen molar-refractivity contribution in [2.45, 2.75) is 46.3 Å². The lowest BCUT2D eigenvalue weighted by Gasteiger charge is -2.40. The lowest BCUT2D eigenvalue weighted by molar-refractivity contribution is 0.0218. The molecule has 1 atom stereocenters. The molecule has 0 unspecified atom stereocenters. The molecule has 1 amide bonds. The number of ether oxygens (including phenoxy) is 1. The van der Waals surface area contributed by atoms with E-state index in [1.807, 2.05) is 33.8 Å². The predicted octanol–water partition coefficient (Wildman–Crippen LogP) is 2.23. The van der Waals surface area contributed by atoms with Gasteiger partial charge in [0, 0.05) is 37.4 Å². The van der Waals surface area contributed by atoms with Crippen LogP contribution in [0.2, 0.25) is 0 Å². The summed E-state index contributed by atoms with van der Waals surface area (Å²) in [6.45, 7) is 11.7. The number of nitrogens with zero attached hydrogens (tertiary/aromatic N) is 4. The van der Waals surface area contributed by atoms with Crippen LogP contribution < -0.4 is 4.90 Å². The molecular weight excluding hydrogens is 268 g/mol. The molecule has 2 rings (SSSR count). The summed E-state index contributed by atoms with van der Waals surface area (Å²) >= 11 is 0. The number of hydrogen-bond donors (Lipinski definition) is 0. The van der Waals surface area contributed by atoms with Crippen LogP contribution in [0, 0.1) is 6.92 Å². The molecule has 0 aliphatic carbocycles. The van der Waals surface area contributed by atoms with Crippen molar-refractivity contribution >= 4 is 11.9 Å². The summed E-state index contributed by atoms with van der Waals surface area (Å²) < 4.78 is 5.43. The first kappa shape index (κ1) is 15.5. The van der Waals surface area contributed by atoms with E-state index < -0.39 is 5.60 Å². The number of carbonyl (C=O) groups excluding carboxylic acids is 1.